The molecule has 0 saturated heterocycles. The van der Waals surface area contributed by atoms with Crippen LogP contribution in [0, 0.1) is 19.8 Å². The quantitative estimate of drug-likeness (QED) is 0.777. The second-order valence-electron chi connectivity index (χ2n) is 6.75. The average molecular weight is 338 g/mol. The molecule has 0 unspecified atom stereocenters. The molecule has 0 saturated carbocycles. The molecule has 2 aromatic rings. The molecule has 0 bridgehead atoms. The molecule has 2 rings (SSSR count). The van der Waals surface area contributed by atoms with E-state index in [2.05, 4.69) is 38.1 Å². The Morgan fingerprint density at radius 3 is 2.40 bits per heavy atom. The summed E-state index contributed by atoms with van der Waals surface area (Å²) >= 11 is 0. The molecule has 25 heavy (non-hydrogen) atoms. The van der Waals surface area contributed by atoms with Gasteiger partial charge < -0.3 is 10.8 Å². The van der Waals surface area contributed by atoms with Crippen LogP contribution in [0.3, 0.4) is 0 Å². The molecule has 4 nitrogen and oxygen atoms in total. The van der Waals surface area contributed by atoms with Gasteiger partial charge in [-0.3, -0.25) is 4.98 Å². The minimum absolute atomic E-state index is 0.368. The van der Waals surface area contributed by atoms with E-state index < -0.39 is 5.97 Å². The fourth-order valence-electron chi connectivity index (χ4n) is 3.00. The number of nitrogens with zero attached hydrogens (tertiary/aromatic N) is 1. The van der Waals surface area contributed by atoms with E-state index in [1.54, 1.807) is 6.08 Å². The van der Waals surface area contributed by atoms with Crippen molar-refractivity contribution in [1.29, 1.82) is 0 Å². The number of hydrogen-bond donors (Lipinski definition) is 2. The number of pyridine rings is 1. The summed E-state index contributed by atoms with van der Waals surface area (Å²) in [5.41, 5.74) is 12.9. The molecule has 0 aliphatic heterocycles. The predicted molar refractivity (Wildman–Crippen MR) is 102 cm³/mol. The summed E-state index contributed by atoms with van der Waals surface area (Å²) in [5, 5.41) is 9.03. The van der Waals surface area contributed by atoms with Crippen molar-refractivity contribution in [2.45, 2.75) is 40.7 Å². The Bertz CT molecular complexity index is 791. The Morgan fingerprint density at radius 1 is 1.24 bits per heavy atom. The molecule has 0 atom stereocenters. The largest absolute Gasteiger partial charge is 0.478 e. The first-order valence-corrected chi connectivity index (χ1v) is 8.54. The summed E-state index contributed by atoms with van der Waals surface area (Å²) in [6, 6.07) is 8.22. The molecule has 4 heteroatoms. The zero-order chi connectivity index (χ0) is 18.6. The van der Waals surface area contributed by atoms with Gasteiger partial charge in [0.15, 0.2) is 0 Å². The lowest BCUT2D eigenvalue weighted by Crippen LogP contribution is -2.12. The molecule has 0 aliphatic rings. The fourth-order valence-corrected chi connectivity index (χ4v) is 3.00. The maximum atomic E-state index is 11.0. The van der Waals surface area contributed by atoms with E-state index in [1.165, 1.54) is 5.56 Å². The zero-order valence-electron chi connectivity index (χ0n) is 15.3. The van der Waals surface area contributed by atoms with E-state index in [1.807, 2.05) is 13.8 Å². The molecule has 0 amide bonds. The van der Waals surface area contributed by atoms with Crippen molar-refractivity contribution in [1.82, 2.24) is 4.98 Å². The van der Waals surface area contributed by atoms with Crippen LogP contribution in [0.5, 0.6) is 0 Å². The van der Waals surface area contributed by atoms with Gasteiger partial charge in [-0.1, -0.05) is 43.7 Å². The van der Waals surface area contributed by atoms with Gasteiger partial charge in [-0.05, 0) is 49.0 Å². The third kappa shape index (κ3) is 4.54. The van der Waals surface area contributed by atoms with Gasteiger partial charge in [0.25, 0.3) is 0 Å². The first kappa shape index (κ1) is 18.9. The smallest absolute Gasteiger partial charge is 0.328 e. The van der Waals surface area contributed by atoms with E-state index >= 15 is 0 Å². The van der Waals surface area contributed by atoms with Gasteiger partial charge in [-0.15, -0.1) is 0 Å². The SMILES string of the molecule is Cc1ccc(-c2c(C=CC(=O)O)c(C)nc(CC(C)C)c2CN)cc1. The Labute approximate surface area is 149 Å². The maximum Gasteiger partial charge on any atom is 0.328 e. The van der Waals surface area contributed by atoms with Gasteiger partial charge in [0.2, 0.25) is 0 Å². The number of carboxylic acids is 1. The second-order valence-corrected chi connectivity index (χ2v) is 6.75. The van der Waals surface area contributed by atoms with Crippen LogP contribution in [-0.2, 0) is 17.8 Å². The Morgan fingerprint density at radius 2 is 1.88 bits per heavy atom. The Kier molecular flexibility index (Phi) is 6.10. The van der Waals surface area contributed by atoms with Crippen LogP contribution in [-0.4, -0.2) is 16.1 Å². The molecule has 0 aliphatic carbocycles. The molecule has 0 fully saturated rings. The lowest BCUT2D eigenvalue weighted by atomic mass is 9.89. The number of carbonyl (C=O) groups is 1. The molecule has 1 aromatic carbocycles. The van der Waals surface area contributed by atoms with Crippen molar-refractivity contribution >= 4 is 12.0 Å². The van der Waals surface area contributed by atoms with E-state index in [0.29, 0.717) is 12.5 Å². The van der Waals surface area contributed by atoms with Crippen LogP contribution < -0.4 is 5.73 Å². The van der Waals surface area contributed by atoms with Crippen LogP contribution in [0.2, 0.25) is 0 Å². The highest BCUT2D eigenvalue weighted by Gasteiger charge is 2.18. The van der Waals surface area contributed by atoms with E-state index in [9.17, 15) is 4.79 Å². The number of carboxylic acid groups (broad SMARTS) is 1. The predicted octanol–water partition coefficient (Wildman–Crippen LogP) is 4.12. The molecule has 0 spiro atoms. The molecule has 1 aromatic heterocycles. The number of benzene rings is 1. The van der Waals surface area contributed by atoms with Crippen molar-refractivity contribution < 1.29 is 9.90 Å². The molecule has 3 N–H and O–H groups in total. The third-order valence-corrected chi connectivity index (χ3v) is 4.15. The standard InChI is InChI=1S/C21H26N2O2/c1-13(2)11-19-18(12-22)21(16-7-5-14(3)6-8-16)17(15(4)23-19)9-10-20(24)25/h5-10,13H,11-12,22H2,1-4H3,(H,24,25). The minimum atomic E-state index is -0.977. The first-order valence-electron chi connectivity index (χ1n) is 8.54. The molecule has 0 radical (unpaired) electrons. The minimum Gasteiger partial charge on any atom is -0.478 e. The van der Waals surface area contributed by atoms with Gasteiger partial charge in [-0.2, -0.15) is 0 Å². The number of aromatic nitrogens is 1. The fraction of sp³-hybridized carbons (Fsp3) is 0.333. The lowest BCUT2D eigenvalue weighted by molar-refractivity contribution is -0.131. The van der Waals surface area contributed by atoms with Crippen molar-refractivity contribution in [2.24, 2.45) is 11.7 Å². The highest BCUT2D eigenvalue weighted by molar-refractivity contribution is 5.89. The van der Waals surface area contributed by atoms with Gasteiger partial charge in [-0.25, -0.2) is 4.79 Å². The highest BCUT2D eigenvalue weighted by atomic mass is 16.4. The molecular formula is C21H26N2O2. The molecule has 132 valence electrons. The van der Waals surface area contributed by atoms with Crippen LogP contribution in [0.1, 0.15) is 41.9 Å². The normalized spacial score (nSPS) is 11.4. The van der Waals surface area contributed by atoms with Crippen LogP contribution in [0.25, 0.3) is 17.2 Å². The van der Waals surface area contributed by atoms with Gasteiger partial charge in [0, 0.05) is 29.6 Å². The summed E-state index contributed by atoms with van der Waals surface area (Å²) in [5.74, 6) is -0.515. The number of rotatable bonds is 6. The topological polar surface area (TPSA) is 76.2 Å². The lowest BCUT2D eigenvalue weighted by Gasteiger charge is -2.19. The Balaban J connectivity index is 2.78. The Hall–Kier alpha value is -2.46. The number of nitrogens with two attached hydrogens (primary N) is 1. The van der Waals surface area contributed by atoms with Gasteiger partial charge in [0.1, 0.15) is 0 Å². The summed E-state index contributed by atoms with van der Waals surface area (Å²) in [7, 11) is 0. The summed E-state index contributed by atoms with van der Waals surface area (Å²) in [6.07, 6.45) is 3.62. The van der Waals surface area contributed by atoms with Crippen LogP contribution >= 0.6 is 0 Å². The van der Waals surface area contributed by atoms with Gasteiger partial charge in [0.05, 0.1) is 0 Å². The van der Waals surface area contributed by atoms with E-state index in [-0.39, 0.29) is 0 Å². The third-order valence-electron chi connectivity index (χ3n) is 4.15. The monoisotopic (exact) mass is 338 g/mol. The average Bonchev–Trinajstić information content (AvgIpc) is 2.53. The van der Waals surface area contributed by atoms with Crippen molar-refractivity contribution in [2.75, 3.05) is 0 Å². The van der Waals surface area contributed by atoms with E-state index in [0.717, 1.165) is 46.1 Å². The van der Waals surface area contributed by atoms with Crippen LogP contribution in [0.4, 0.5) is 0 Å². The summed E-state index contributed by atoms with van der Waals surface area (Å²) < 4.78 is 0. The molecular weight excluding hydrogens is 312 g/mol. The van der Waals surface area contributed by atoms with Crippen molar-refractivity contribution in [3.8, 4) is 11.1 Å². The number of aliphatic carboxylic acids is 1. The first-order chi connectivity index (χ1) is 11.8. The van der Waals surface area contributed by atoms with Crippen molar-refractivity contribution in [3.63, 3.8) is 0 Å². The maximum absolute atomic E-state index is 11.0. The molecule has 1 heterocycles. The van der Waals surface area contributed by atoms with Crippen LogP contribution in [0.15, 0.2) is 30.3 Å². The number of aryl methyl sites for hydroxylation is 2. The summed E-state index contributed by atoms with van der Waals surface area (Å²) in [4.78, 5) is 15.8. The highest BCUT2D eigenvalue weighted by Crippen LogP contribution is 2.33. The zero-order valence-corrected chi connectivity index (χ0v) is 15.3. The van der Waals surface area contributed by atoms with Gasteiger partial charge >= 0.3 is 5.97 Å². The van der Waals surface area contributed by atoms with Crippen molar-refractivity contribution in [3.05, 3.63) is 58.4 Å². The number of hydrogen-bond acceptors (Lipinski definition) is 3. The second kappa shape index (κ2) is 8.08. The van der Waals surface area contributed by atoms with E-state index in [4.69, 9.17) is 15.8 Å². The summed E-state index contributed by atoms with van der Waals surface area (Å²) in [6.45, 7) is 8.64.